The van der Waals surface area contributed by atoms with Gasteiger partial charge in [0.1, 0.15) is 22.3 Å². The summed E-state index contributed by atoms with van der Waals surface area (Å²) >= 11 is 0. The third-order valence-corrected chi connectivity index (χ3v) is 22.5. The standard InChI is InChI=1S/C57H36N4O.C51H32N4O/c1-4-13-37(14-5-1)39-23-27-41(28-24-39)55-58-56(60-57(59-55)45-18-12-17-43(35-45)38-15-6-2-7-16-38)42-29-25-40(26-30-42)44-31-32-47-48-33-34-51-53(54(48)62-52(47)36-44)49-21-10-11-22-50(49)61(51)46-19-8-3-9-20-46;1-4-13-33(14-5-1)37-17-12-18-39(31-37)51-53-49(35-15-6-2-7-16-35)52-50(54-51)36-25-23-34(24-26-36)38-27-28-41-42-29-30-45-47(48(42)56-46(41)32-38)43-21-10-11-22-44(43)55(45)40-19-8-3-9-20-40/h1-36H;1-32H. The number of nitrogens with zero attached hydrogens (tertiary/aromatic N) is 8. The number of hydrogen-bond donors (Lipinski definition) is 0. The van der Waals surface area contributed by atoms with Crippen molar-refractivity contribution in [3.8, 4) is 135 Å². The highest BCUT2D eigenvalue weighted by molar-refractivity contribution is 6.25. The maximum atomic E-state index is 6.82. The fourth-order valence-electron chi connectivity index (χ4n) is 16.8. The molecule has 0 aliphatic heterocycles. The molecule has 0 fully saturated rings. The second kappa shape index (κ2) is 29.2. The molecule has 0 radical (unpaired) electrons. The van der Waals surface area contributed by atoms with Gasteiger partial charge in [0.05, 0.1) is 32.8 Å². The third kappa shape index (κ3) is 12.5. The normalized spacial score (nSPS) is 11.6. The summed E-state index contributed by atoms with van der Waals surface area (Å²) in [5, 5.41) is 9.01. The molecule has 10 nitrogen and oxygen atoms in total. The van der Waals surface area contributed by atoms with Crippen LogP contribution in [0.4, 0.5) is 0 Å². The van der Waals surface area contributed by atoms with Crippen LogP contribution < -0.4 is 0 Å². The van der Waals surface area contributed by atoms with Crippen LogP contribution in [0, 0.1) is 0 Å². The smallest absolute Gasteiger partial charge is 0.164 e. The van der Waals surface area contributed by atoms with Gasteiger partial charge in [-0.25, -0.2) is 29.9 Å². The fraction of sp³-hybridized carbons (Fsp3) is 0. The van der Waals surface area contributed by atoms with Crippen molar-refractivity contribution in [2.45, 2.75) is 0 Å². The minimum atomic E-state index is 0.611. The molecule has 118 heavy (non-hydrogen) atoms. The van der Waals surface area contributed by atoms with Crippen LogP contribution in [0.2, 0.25) is 0 Å². The highest BCUT2D eigenvalue weighted by Gasteiger charge is 2.23. The maximum absolute atomic E-state index is 6.82. The zero-order chi connectivity index (χ0) is 78.0. The molecule has 0 saturated heterocycles. The topological polar surface area (TPSA) is 113 Å². The average Bonchev–Trinajstić information content (AvgIpc) is 1.57. The molecule has 6 aromatic heterocycles. The minimum absolute atomic E-state index is 0.611. The Morgan fingerprint density at radius 3 is 0.780 bits per heavy atom. The van der Waals surface area contributed by atoms with Gasteiger partial charge >= 0.3 is 0 Å². The second-order valence-electron chi connectivity index (χ2n) is 29.6. The van der Waals surface area contributed by atoms with Crippen LogP contribution in [0.15, 0.2) is 421 Å². The van der Waals surface area contributed by atoms with E-state index in [1.807, 2.05) is 48.5 Å². The Balaban J connectivity index is 0.000000143. The minimum Gasteiger partial charge on any atom is -0.455 e. The average molecular weight is 1510 g/mol. The first-order valence-electron chi connectivity index (χ1n) is 39.6. The monoisotopic (exact) mass is 1510 g/mol. The second-order valence-corrected chi connectivity index (χ2v) is 29.6. The molecule has 0 amide bonds. The molecule has 0 saturated carbocycles. The first-order chi connectivity index (χ1) is 58.5. The summed E-state index contributed by atoms with van der Waals surface area (Å²) in [6.45, 7) is 0. The zero-order valence-electron chi connectivity index (χ0n) is 63.7. The number of rotatable bonds is 13. The maximum Gasteiger partial charge on any atom is 0.164 e. The lowest BCUT2D eigenvalue weighted by molar-refractivity contribution is 0.672. The quantitative estimate of drug-likeness (QED) is 0.112. The number of furan rings is 2. The van der Waals surface area contributed by atoms with Gasteiger partial charge < -0.3 is 18.0 Å². The number of hydrogen-bond acceptors (Lipinski definition) is 8. The van der Waals surface area contributed by atoms with E-state index in [9.17, 15) is 0 Å². The Bertz CT molecular complexity index is 7740. The van der Waals surface area contributed by atoms with Crippen molar-refractivity contribution in [1.82, 2.24) is 39.0 Å². The number of aromatic nitrogens is 8. The molecule has 0 atom stereocenters. The van der Waals surface area contributed by atoms with Crippen molar-refractivity contribution in [2.75, 3.05) is 0 Å². The van der Waals surface area contributed by atoms with E-state index in [2.05, 4.69) is 373 Å². The van der Waals surface area contributed by atoms with Gasteiger partial charge in [-0.3, -0.25) is 0 Å². The predicted molar refractivity (Wildman–Crippen MR) is 483 cm³/mol. The van der Waals surface area contributed by atoms with E-state index in [4.69, 9.17) is 38.7 Å². The van der Waals surface area contributed by atoms with Crippen LogP contribution >= 0.6 is 0 Å². The lowest BCUT2D eigenvalue weighted by atomic mass is 10.0. The summed E-state index contributed by atoms with van der Waals surface area (Å²) in [5.74, 6) is 3.74. The molecular formula is C108H68N8O2. The zero-order valence-corrected chi connectivity index (χ0v) is 63.7. The SMILES string of the molecule is c1ccc(-c2ccc(-c3nc(-c4ccc(-c5ccc6c(c5)oc5c6ccc6c5c5ccccc5n6-c5ccccc5)cc4)nc(-c4cccc(-c5ccccc5)c4)n3)cc2)cc1.c1ccc(-c2cccc(-c3nc(-c4ccccc4)nc(-c4ccc(-c5ccc6c(c5)oc5c6ccc6c5c5ccccc5n6-c5ccccc5)cc4)n3)c2)cc1. The molecule has 0 aliphatic rings. The Kier molecular flexibility index (Phi) is 17.0. The summed E-state index contributed by atoms with van der Waals surface area (Å²) in [6.07, 6.45) is 0. The molecule has 6 heterocycles. The molecule has 0 unspecified atom stereocenters. The van der Waals surface area contributed by atoms with Crippen LogP contribution in [0.3, 0.4) is 0 Å². The Morgan fingerprint density at radius 2 is 0.407 bits per heavy atom. The first kappa shape index (κ1) is 68.7. The Labute approximate surface area is 678 Å². The van der Waals surface area contributed by atoms with Gasteiger partial charge in [0.2, 0.25) is 0 Å². The van der Waals surface area contributed by atoms with E-state index in [0.29, 0.717) is 34.9 Å². The van der Waals surface area contributed by atoms with Crippen LogP contribution in [0.1, 0.15) is 0 Å². The van der Waals surface area contributed by atoms with Crippen LogP contribution in [-0.4, -0.2) is 39.0 Å². The molecule has 23 rings (SSSR count). The van der Waals surface area contributed by atoms with E-state index in [-0.39, 0.29) is 0 Å². The number of para-hydroxylation sites is 4. The van der Waals surface area contributed by atoms with Gasteiger partial charge in [0.15, 0.2) is 34.9 Å². The Morgan fingerprint density at radius 1 is 0.161 bits per heavy atom. The van der Waals surface area contributed by atoms with E-state index in [0.717, 1.165) is 177 Å². The summed E-state index contributed by atoms with van der Waals surface area (Å²) in [7, 11) is 0. The van der Waals surface area contributed by atoms with Gasteiger partial charge in [-0.15, -0.1) is 0 Å². The highest BCUT2D eigenvalue weighted by atomic mass is 16.3. The van der Waals surface area contributed by atoms with Crippen LogP contribution in [0.25, 0.3) is 223 Å². The molecule has 0 bridgehead atoms. The molecule has 0 N–H and O–H groups in total. The predicted octanol–water partition coefficient (Wildman–Crippen LogP) is 28.1. The van der Waals surface area contributed by atoms with Crippen LogP contribution in [0.5, 0.6) is 0 Å². The van der Waals surface area contributed by atoms with E-state index in [1.54, 1.807) is 0 Å². The molecule has 552 valence electrons. The lowest BCUT2D eigenvalue weighted by Crippen LogP contribution is -2.00. The third-order valence-electron chi connectivity index (χ3n) is 22.5. The lowest BCUT2D eigenvalue weighted by Gasteiger charge is -2.11. The molecule has 0 spiro atoms. The van der Waals surface area contributed by atoms with Gasteiger partial charge in [-0.2, -0.15) is 0 Å². The van der Waals surface area contributed by atoms with Crippen molar-refractivity contribution in [2.24, 2.45) is 0 Å². The summed E-state index contributed by atoms with van der Waals surface area (Å²) in [4.78, 5) is 30.2. The van der Waals surface area contributed by atoms with Gasteiger partial charge in [0, 0.05) is 77.1 Å². The Hall–Kier alpha value is -16.0. The largest absolute Gasteiger partial charge is 0.455 e. The highest BCUT2D eigenvalue weighted by Crippen LogP contribution is 2.45. The molecule has 23 aromatic rings. The van der Waals surface area contributed by atoms with E-state index in [1.165, 1.54) is 10.8 Å². The van der Waals surface area contributed by atoms with Crippen molar-refractivity contribution in [1.29, 1.82) is 0 Å². The summed E-state index contributed by atoms with van der Waals surface area (Å²) in [6, 6.07) is 143. The first-order valence-corrected chi connectivity index (χ1v) is 39.6. The molecular weight excluding hydrogens is 1440 g/mol. The van der Waals surface area contributed by atoms with Crippen molar-refractivity contribution < 1.29 is 8.83 Å². The van der Waals surface area contributed by atoms with Gasteiger partial charge in [-0.1, -0.05) is 315 Å². The van der Waals surface area contributed by atoms with E-state index < -0.39 is 0 Å². The number of benzene rings is 17. The van der Waals surface area contributed by atoms with Gasteiger partial charge in [0.25, 0.3) is 0 Å². The summed E-state index contributed by atoms with van der Waals surface area (Å²) < 4.78 is 18.3. The fourth-order valence-corrected chi connectivity index (χ4v) is 16.8. The summed E-state index contributed by atoms with van der Waals surface area (Å²) in [5.41, 5.74) is 27.0. The molecule has 10 heteroatoms. The van der Waals surface area contributed by atoms with Crippen LogP contribution in [-0.2, 0) is 0 Å². The van der Waals surface area contributed by atoms with Crippen molar-refractivity contribution >= 4 is 87.5 Å². The van der Waals surface area contributed by atoms with E-state index >= 15 is 0 Å². The van der Waals surface area contributed by atoms with Crippen molar-refractivity contribution in [3.63, 3.8) is 0 Å². The number of fused-ring (bicyclic) bond motifs is 14. The molecule has 17 aromatic carbocycles. The molecule has 0 aliphatic carbocycles. The van der Waals surface area contributed by atoms with Crippen molar-refractivity contribution in [3.05, 3.63) is 413 Å². The van der Waals surface area contributed by atoms with Gasteiger partial charge in [-0.05, 0) is 153 Å².